The maximum Gasteiger partial charge on any atom is 0.269 e. The van der Waals surface area contributed by atoms with Crippen LogP contribution < -0.4 is 24.8 Å². The summed E-state index contributed by atoms with van der Waals surface area (Å²) in [6.07, 6.45) is 1.18. The standard InChI is InChI=1S/C22H18ClN5O5S3/c1-32-13-5-8-15-16(9-13)35-20(19(15)23)21(29)27-22(34)26-12-3-6-14(7-4-12)36(30,31)28-17-10-18(33-2)25-11-24-17/h3-11H,1-2H3,(H,24,25,28)(H2,26,27,29,34). The average molecular weight is 564 g/mol. The number of benzene rings is 2. The average Bonchev–Trinajstić information content (AvgIpc) is 3.19. The van der Waals surface area contributed by atoms with Crippen LogP contribution in [0, 0.1) is 0 Å². The van der Waals surface area contributed by atoms with Crippen LogP contribution in [0.3, 0.4) is 0 Å². The molecule has 1 amide bonds. The molecule has 4 rings (SSSR count). The molecule has 10 nitrogen and oxygen atoms in total. The number of hydrogen-bond acceptors (Lipinski definition) is 9. The molecule has 0 unspecified atom stereocenters. The van der Waals surface area contributed by atoms with E-state index >= 15 is 0 Å². The van der Waals surface area contributed by atoms with Crippen molar-refractivity contribution in [2.75, 3.05) is 24.3 Å². The first-order valence-corrected chi connectivity index (χ1v) is 13.2. The molecule has 0 aliphatic heterocycles. The summed E-state index contributed by atoms with van der Waals surface area (Å²) in [5.41, 5.74) is 0.468. The zero-order valence-corrected chi connectivity index (χ0v) is 21.9. The molecular formula is C22H18ClN5O5S3. The number of fused-ring (bicyclic) bond motifs is 1. The van der Waals surface area contributed by atoms with Crippen molar-refractivity contribution in [3.05, 3.63) is 64.8 Å². The Morgan fingerprint density at radius 1 is 1.06 bits per heavy atom. The normalized spacial score (nSPS) is 11.1. The van der Waals surface area contributed by atoms with Gasteiger partial charge in [-0.3, -0.25) is 14.8 Å². The van der Waals surface area contributed by atoms with Crippen molar-refractivity contribution in [3.8, 4) is 11.6 Å². The van der Waals surface area contributed by atoms with Crippen molar-refractivity contribution < 1.29 is 22.7 Å². The van der Waals surface area contributed by atoms with E-state index in [0.717, 1.165) is 10.1 Å². The van der Waals surface area contributed by atoms with Crippen LogP contribution in [-0.4, -0.2) is 43.6 Å². The van der Waals surface area contributed by atoms with Crippen LogP contribution >= 0.6 is 35.2 Å². The lowest BCUT2D eigenvalue weighted by Gasteiger charge is -2.11. The Morgan fingerprint density at radius 3 is 2.50 bits per heavy atom. The number of carbonyl (C=O) groups is 1. The molecule has 0 fully saturated rings. The number of thiocarbonyl (C=S) groups is 1. The second-order valence-corrected chi connectivity index (χ2v) is 10.6. The Labute approximate surface area is 220 Å². The molecule has 0 spiro atoms. The van der Waals surface area contributed by atoms with E-state index in [1.54, 1.807) is 25.3 Å². The second kappa shape index (κ2) is 10.6. The largest absolute Gasteiger partial charge is 0.497 e. The van der Waals surface area contributed by atoms with Gasteiger partial charge in [0.05, 0.1) is 24.1 Å². The van der Waals surface area contributed by atoms with Gasteiger partial charge in [0.15, 0.2) is 5.11 Å². The molecule has 0 saturated carbocycles. The van der Waals surface area contributed by atoms with Crippen LogP contribution in [0.2, 0.25) is 5.02 Å². The van der Waals surface area contributed by atoms with Gasteiger partial charge in [0.2, 0.25) is 5.88 Å². The number of nitrogens with one attached hydrogen (secondary N) is 3. The molecule has 2 aromatic carbocycles. The summed E-state index contributed by atoms with van der Waals surface area (Å²) in [6, 6.07) is 12.5. The molecule has 2 aromatic heterocycles. The first-order valence-electron chi connectivity index (χ1n) is 10.1. The lowest BCUT2D eigenvalue weighted by Crippen LogP contribution is -2.33. The van der Waals surface area contributed by atoms with Gasteiger partial charge >= 0.3 is 0 Å². The summed E-state index contributed by atoms with van der Waals surface area (Å²) >= 11 is 12.8. The van der Waals surface area contributed by atoms with E-state index in [0.29, 0.717) is 21.3 Å². The first-order chi connectivity index (χ1) is 17.2. The topological polar surface area (TPSA) is 132 Å². The number of sulfonamides is 1. The minimum absolute atomic E-state index is 0.00642. The fraction of sp³-hybridized carbons (Fsp3) is 0.0909. The number of ether oxygens (including phenoxy) is 2. The highest BCUT2D eigenvalue weighted by Gasteiger charge is 2.19. The van der Waals surface area contributed by atoms with Gasteiger partial charge in [-0.05, 0) is 54.7 Å². The predicted molar refractivity (Wildman–Crippen MR) is 143 cm³/mol. The van der Waals surface area contributed by atoms with Crippen LogP contribution in [0.25, 0.3) is 10.1 Å². The van der Waals surface area contributed by atoms with Crippen molar-refractivity contribution in [1.29, 1.82) is 0 Å². The summed E-state index contributed by atoms with van der Waals surface area (Å²) < 4.78 is 38.6. The fourth-order valence-electron chi connectivity index (χ4n) is 3.06. The van der Waals surface area contributed by atoms with Crippen LogP contribution in [0.5, 0.6) is 11.6 Å². The van der Waals surface area contributed by atoms with Gasteiger partial charge in [-0.15, -0.1) is 11.3 Å². The highest BCUT2D eigenvalue weighted by molar-refractivity contribution is 7.92. The number of methoxy groups -OCH3 is 2. The van der Waals surface area contributed by atoms with Gasteiger partial charge in [0.25, 0.3) is 15.9 Å². The Balaban J connectivity index is 1.41. The number of halogens is 1. The Bertz CT molecular complexity index is 1560. The van der Waals surface area contributed by atoms with Gasteiger partial charge in [-0.2, -0.15) is 0 Å². The molecule has 0 aliphatic carbocycles. The first kappa shape index (κ1) is 25.6. The SMILES string of the molecule is COc1ccc2c(Cl)c(C(=O)NC(=S)Nc3ccc(S(=O)(=O)Nc4cc(OC)ncn4)cc3)sc2c1. The van der Waals surface area contributed by atoms with Crippen molar-refractivity contribution in [2.24, 2.45) is 0 Å². The third-order valence-corrected chi connectivity index (χ3v) is 8.01. The number of hydrogen-bond donors (Lipinski definition) is 3. The van der Waals surface area contributed by atoms with Crippen molar-refractivity contribution in [1.82, 2.24) is 15.3 Å². The summed E-state index contributed by atoms with van der Waals surface area (Å²) in [6.45, 7) is 0. The van der Waals surface area contributed by atoms with Crippen LogP contribution in [0.15, 0.2) is 59.8 Å². The smallest absolute Gasteiger partial charge is 0.269 e. The monoisotopic (exact) mass is 563 g/mol. The Kier molecular flexibility index (Phi) is 7.54. The van der Waals surface area contributed by atoms with E-state index in [1.165, 1.54) is 55.1 Å². The molecule has 0 radical (unpaired) electrons. The number of carbonyl (C=O) groups excluding carboxylic acids is 1. The van der Waals surface area contributed by atoms with Gasteiger partial charge in [0, 0.05) is 21.8 Å². The van der Waals surface area contributed by atoms with E-state index in [1.807, 2.05) is 0 Å². The molecular weight excluding hydrogens is 546 g/mol. The van der Waals surface area contributed by atoms with Crippen LogP contribution in [0.1, 0.15) is 9.67 Å². The van der Waals surface area contributed by atoms with Crippen molar-refractivity contribution in [2.45, 2.75) is 4.90 Å². The summed E-state index contributed by atoms with van der Waals surface area (Å²) in [7, 11) is -0.942. The van der Waals surface area contributed by atoms with E-state index in [2.05, 4.69) is 25.3 Å². The highest BCUT2D eigenvalue weighted by atomic mass is 35.5. The number of rotatable bonds is 7. The molecule has 0 aliphatic rings. The van der Waals surface area contributed by atoms with Gasteiger partial charge in [0.1, 0.15) is 22.8 Å². The van der Waals surface area contributed by atoms with E-state index in [9.17, 15) is 13.2 Å². The fourth-order valence-corrected chi connectivity index (χ4v) is 5.71. The maximum absolute atomic E-state index is 12.7. The Morgan fingerprint density at radius 2 is 1.81 bits per heavy atom. The molecule has 14 heteroatoms. The quantitative estimate of drug-likeness (QED) is 0.282. The minimum atomic E-state index is -3.91. The van der Waals surface area contributed by atoms with Crippen molar-refractivity contribution >= 4 is 77.8 Å². The van der Waals surface area contributed by atoms with E-state index in [4.69, 9.17) is 33.3 Å². The maximum atomic E-state index is 12.7. The third kappa shape index (κ3) is 5.65. The zero-order chi connectivity index (χ0) is 25.9. The van der Waals surface area contributed by atoms with Crippen LogP contribution in [0.4, 0.5) is 11.5 Å². The third-order valence-electron chi connectivity index (χ3n) is 4.78. The van der Waals surface area contributed by atoms with E-state index in [-0.39, 0.29) is 21.7 Å². The lowest BCUT2D eigenvalue weighted by molar-refractivity contribution is 0.0982. The molecule has 186 valence electrons. The summed E-state index contributed by atoms with van der Waals surface area (Å²) in [5, 5.41) is 6.50. The van der Waals surface area contributed by atoms with Crippen molar-refractivity contribution in [3.63, 3.8) is 0 Å². The number of aromatic nitrogens is 2. The van der Waals surface area contributed by atoms with Gasteiger partial charge in [-0.1, -0.05) is 11.6 Å². The highest BCUT2D eigenvalue weighted by Crippen LogP contribution is 2.37. The molecule has 0 bridgehead atoms. The minimum Gasteiger partial charge on any atom is -0.497 e. The molecule has 3 N–H and O–H groups in total. The number of thiophene rings is 1. The lowest BCUT2D eigenvalue weighted by atomic mass is 10.2. The molecule has 36 heavy (non-hydrogen) atoms. The predicted octanol–water partition coefficient (Wildman–Crippen LogP) is 4.29. The van der Waals surface area contributed by atoms with E-state index < -0.39 is 15.9 Å². The van der Waals surface area contributed by atoms with Crippen LogP contribution in [-0.2, 0) is 10.0 Å². The summed E-state index contributed by atoms with van der Waals surface area (Å²) in [4.78, 5) is 20.7. The molecule has 4 aromatic rings. The molecule has 0 atom stereocenters. The second-order valence-electron chi connectivity index (χ2n) is 7.09. The molecule has 2 heterocycles. The van der Waals surface area contributed by atoms with Gasteiger partial charge < -0.3 is 14.8 Å². The number of anilines is 2. The van der Waals surface area contributed by atoms with Gasteiger partial charge in [-0.25, -0.2) is 18.4 Å². The summed E-state index contributed by atoms with van der Waals surface area (Å²) in [5.74, 6) is 0.462. The number of nitrogens with zero attached hydrogens (tertiary/aromatic N) is 2. The molecule has 0 saturated heterocycles. The zero-order valence-electron chi connectivity index (χ0n) is 18.7. The Hall–Kier alpha value is -3.52. The number of amides is 1.